The molecular formula is C17H11Cl5N2O3. The number of benzene rings is 2. The molecule has 27 heavy (non-hydrogen) atoms. The van der Waals surface area contributed by atoms with Crippen molar-refractivity contribution in [1.82, 2.24) is 5.32 Å². The summed E-state index contributed by atoms with van der Waals surface area (Å²) in [7, 11) is 0. The highest BCUT2D eigenvalue weighted by Gasteiger charge is 2.54. The highest BCUT2D eigenvalue weighted by atomic mass is 35.5. The van der Waals surface area contributed by atoms with Gasteiger partial charge in [-0.05, 0) is 30.3 Å². The number of anilines is 1. The van der Waals surface area contributed by atoms with Crippen molar-refractivity contribution in [1.29, 1.82) is 0 Å². The lowest BCUT2D eigenvalue weighted by Crippen LogP contribution is -2.34. The SMILES string of the molecule is O=C(NC(=O)c1c(Cl)cccc1Cl)Nc1ccc(OC2CC2(Cl)Cl)c(Cl)c1. The highest BCUT2D eigenvalue weighted by Crippen LogP contribution is 2.50. The maximum atomic E-state index is 12.2. The molecule has 3 rings (SSSR count). The van der Waals surface area contributed by atoms with E-state index in [0.717, 1.165) is 0 Å². The Morgan fingerprint density at radius 1 is 1.04 bits per heavy atom. The molecule has 0 spiro atoms. The number of rotatable bonds is 4. The van der Waals surface area contributed by atoms with Crippen LogP contribution in [0.15, 0.2) is 36.4 Å². The average Bonchev–Trinajstić information content (AvgIpc) is 3.16. The fourth-order valence-electron chi connectivity index (χ4n) is 2.19. The zero-order chi connectivity index (χ0) is 19.8. The first-order valence-electron chi connectivity index (χ1n) is 7.58. The van der Waals surface area contributed by atoms with Gasteiger partial charge in [0, 0.05) is 12.1 Å². The molecule has 0 aliphatic heterocycles. The van der Waals surface area contributed by atoms with Gasteiger partial charge in [-0.3, -0.25) is 10.1 Å². The first kappa shape index (κ1) is 20.4. The quantitative estimate of drug-likeness (QED) is 0.546. The molecule has 2 aromatic rings. The molecule has 1 aliphatic carbocycles. The van der Waals surface area contributed by atoms with E-state index in [0.29, 0.717) is 17.9 Å². The van der Waals surface area contributed by atoms with Crippen LogP contribution in [0.1, 0.15) is 16.8 Å². The summed E-state index contributed by atoms with van der Waals surface area (Å²) in [5.74, 6) is -0.349. The second kappa shape index (κ2) is 7.94. The lowest BCUT2D eigenvalue weighted by molar-refractivity contribution is 0.0967. The third kappa shape index (κ3) is 4.92. The van der Waals surface area contributed by atoms with E-state index in [1.165, 1.54) is 18.2 Å². The molecule has 0 heterocycles. The van der Waals surface area contributed by atoms with Gasteiger partial charge in [0.2, 0.25) is 0 Å². The molecule has 2 aromatic carbocycles. The van der Waals surface area contributed by atoms with Crippen LogP contribution in [0, 0.1) is 0 Å². The second-order valence-corrected chi connectivity index (χ2v) is 8.49. The van der Waals surface area contributed by atoms with Gasteiger partial charge in [0.1, 0.15) is 11.9 Å². The van der Waals surface area contributed by atoms with Crippen LogP contribution in [0.4, 0.5) is 10.5 Å². The van der Waals surface area contributed by atoms with Gasteiger partial charge >= 0.3 is 6.03 Å². The number of hydrogen-bond acceptors (Lipinski definition) is 3. The van der Waals surface area contributed by atoms with Crippen LogP contribution >= 0.6 is 58.0 Å². The normalized spacial score (nSPS) is 17.1. The van der Waals surface area contributed by atoms with Gasteiger partial charge in [0.15, 0.2) is 4.33 Å². The average molecular weight is 469 g/mol. The van der Waals surface area contributed by atoms with E-state index < -0.39 is 16.3 Å². The van der Waals surface area contributed by atoms with Crippen molar-refractivity contribution in [3.8, 4) is 5.75 Å². The molecule has 0 aromatic heterocycles. The lowest BCUT2D eigenvalue weighted by Gasteiger charge is -2.11. The van der Waals surface area contributed by atoms with Gasteiger partial charge in [-0.2, -0.15) is 0 Å². The fraction of sp³-hybridized carbons (Fsp3) is 0.176. The van der Waals surface area contributed by atoms with Crippen LogP contribution < -0.4 is 15.4 Å². The number of ether oxygens (including phenoxy) is 1. The number of carbonyl (C=O) groups is 2. The number of urea groups is 1. The molecule has 1 saturated carbocycles. The van der Waals surface area contributed by atoms with Gasteiger partial charge in [0.05, 0.1) is 20.6 Å². The number of nitrogens with one attached hydrogen (secondary N) is 2. The third-order valence-electron chi connectivity index (χ3n) is 3.64. The Morgan fingerprint density at radius 2 is 1.67 bits per heavy atom. The summed E-state index contributed by atoms with van der Waals surface area (Å²) in [6, 6.07) is 8.39. The van der Waals surface area contributed by atoms with Crippen LogP contribution in [0.3, 0.4) is 0 Å². The molecular weight excluding hydrogens is 457 g/mol. The van der Waals surface area contributed by atoms with Crippen LogP contribution in [0.5, 0.6) is 5.75 Å². The summed E-state index contributed by atoms with van der Waals surface area (Å²) in [5.41, 5.74) is 0.356. The predicted molar refractivity (Wildman–Crippen MR) is 108 cm³/mol. The summed E-state index contributed by atoms with van der Waals surface area (Å²) < 4.78 is 4.67. The number of amides is 3. The van der Waals surface area contributed by atoms with Gasteiger partial charge < -0.3 is 10.1 Å². The molecule has 142 valence electrons. The van der Waals surface area contributed by atoms with Gasteiger partial charge in [-0.15, -0.1) is 0 Å². The molecule has 2 N–H and O–H groups in total. The second-order valence-electron chi connectivity index (χ2n) is 5.72. The summed E-state index contributed by atoms with van der Waals surface area (Å²) in [6.07, 6.45) is 0.167. The Labute approximate surface area is 179 Å². The highest BCUT2D eigenvalue weighted by molar-refractivity contribution is 6.51. The van der Waals surface area contributed by atoms with E-state index >= 15 is 0 Å². The van der Waals surface area contributed by atoms with Crippen molar-refractivity contribution in [2.75, 3.05) is 5.32 Å². The molecule has 0 saturated heterocycles. The Bertz CT molecular complexity index is 899. The zero-order valence-corrected chi connectivity index (χ0v) is 17.1. The summed E-state index contributed by atoms with van der Waals surface area (Å²) in [5, 5.41) is 5.15. The van der Waals surface area contributed by atoms with Gasteiger partial charge in [0.25, 0.3) is 5.91 Å². The zero-order valence-electron chi connectivity index (χ0n) is 13.4. The van der Waals surface area contributed by atoms with Crippen molar-refractivity contribution < 1.29 is 14.3 Å². The Balaban J connectivity index is 1.62. The number of hydrogen-bond donors (Lipinski definition) is 2. The standard InChI is InChI=1S/C17H11Cl5N2O3/c18-9-2-1-3-10(19)14(9)15(25)24-16(26)23-8-4-5-12(11(20)6-8)27-13-7-17(13,21)22/h1-6,13H,7H2,(H2,23,24,25,26). The van der Waals surface area contributed by atoms with Crippen LogP contribution in [0.25, 0.3) is 0 Å². The largest absolute Gasteiger partial charge is 0.486 e. The molecule has 3 amide bonds. The molecule has 1 atom stereocenters. The Morgan fingerprint density at radius 3 is 2.22 bits per heavy atom. The summed E-state index contributed by atoms with van der Waals surface area (Å²) >= 11 is 29.9. The van der Waals surface area contributed by atoms with E-state index in [1.54, 1.807) is 18.2 Å². The predicted octanol–water partition coefficient (Wildman–Crippen LogP) is 5.93. The van der Waals surface area contributed by atoms with E-state index in [2.05, 4.69) is 10.6 Å². The topological polar surface area (TPSA) is 67.4 Å². The maximum absolute atomic E-state index is 12.2. The smallest absolute Gasteiger partial charge is 0.326 e. The van der Waals surface area contributed by atoms with Gasteiger partial charge in [-0.25, -0.2) is 4.79 Å². The third-order valence-corrected chi connectivity index (χ3v) is 5.37. The van der Waals surface area contributed by atoms with Crippen molar-refractivity contribution in [3.63, 3.8) is 0 Å². The molecule has 0 radical (unpaired) electrons. The minimum Gasteiger partial charge on any atom is -0.486 e. The van der Waals surface area contributed by atoms with Crippen LogP contribution in [-0.2, 0) is 0 Å². The Hall–Kier alpha value is -1.37. The van der Waals surface area contributed by atoms with Gasteiger partial charge in [-0.1, -0.05) is 64.1 Å². The lowest BCUT2D eigenvalue weighted by atomic mass is 10.2. The van der Waals surface area contributed by atoms with Crippen molar-refractivity contribution >= 4 is 75.6 Å². The van der Waals surface area contributed by atoms with E-state index in [4.69, 9.17) is 62.7 Å². The molecule has 10 heteroatoms. The summed E-state index contributed by atoms with van der Waals surface area (Å²) in [6.45, 7) is 0. The monoisotopic (exact) mass is 466 g/mol. The van der Waals surface area contributed by atoms with E-state index in [-0.39, 0.29) is 26.7 Å². The van der Waals surface area contributed by atoms with Crippen molar-refractivity contribution in [2.24, 2.45) is 0 Å². The molecule has 1 unspecified atom stereocenters. The first-order chi connectivity index (χ1) is 12.7. The number of alkyl halides is 2. The summed E-state index contributed by atoms with van der Waals surface area (Å²) in [4.78, 5) is 24.2. The van der Waals surface area contributed by atoms with E-state index in [1.807, 2.05) is 0 Å². The number of carbonyl (C=O) groups excluding carboxylic acids is 2. The fourth-order valence-corrected chi connectivity index (χ4v) is 3.35. The molecule has 5 nitrogen and oxygen atoms in total. The molecule has 1 fully saturated rings. The van der Waals surface area contributed by atoms with E-state index in [9.17, 15) is 9.59 Å². The minimum atomic E-state index is -0.902. The van der Waals surface area contributed by atoms with Crippen molar-refractivity contribution in [2.45, 2.75) is 16.9 Å². The Kier molecular flexibility index (Phi) is 5.99. The van der Waals surface area contributed by atoms with Crippen molar-refractivity contribution in [3.05, 3.63) is 57.0 Å². The number of imide groups is 1. The number of halogens is 5. The molecule has 0 bridgehead atoms. The first-order valence-corrected chi connectivity index (χ1v) is 9.47. The minimum absolute atomic E-state index is 0.00725. The molecule has 1 aliphatic rings. The van der Waals surface area contributed by atoms with Crippen LogP contribution in [0.2, 0.25) is 15.1 Å². The van der Waals surface area contributed by atoms with Crippen LogP contribution in [-0.4, -0.2) is 22.4 Å². The maximum Gasteiger partial charge on any atom is 0.326 e.